The van der Waals surface area contributed by atoms with E-state index in [1.807, 2.05) is 0 Å². The maximum Gasteiger partial charge on any atom is 1.00 e. The quantitative estimate of drug-likeness (QED) is 0.0919. The van der Waals surface area contributed by atoms with E-state index in [1.165, 1.54) is 14.2 Å². The predicted molar refractivity (Wildman–Crippen MR) is 64.8 cm³/mol. The van der Waals surface area contributed by atoms with E-state index in [-0.39, 0.29) is 78.0 Å². The van der Waals surface area contributed by atoms with E-state index in [0.717, 1.165) is 0 Å². The van der Waals surface area contributed by atoms with Crippen LogP contribution in [0.25, 0.3) is 0 Å². The van der Waals surface area contributed by atoms with Crippen LogP contribution in [0.1, 0.15) is 0 Å². The number of hydrogen-bond acceptors (Lipinski definition) is 12. The Morgan fingerprint density at radius 1 is 1.29 bits per heavy atom. The first-order chi connectivity index (χ1) is 10.3. The van der Waals surface area contributed by atoms with Crippen molar-refractivity contribution in [3.63, 3.8) is 0 Å². The van der Waals surface area contributed by atoms with Gasteiger partial charge in [0, 0.05) is 14.2 Å². The number of aliphatic hydroxyl groups is 1. The van der Waals surface area contributed by atoms with Gasteiger partial charge in [0.05, 0.1) is 6.61 Å². The van der Waals surface area contributed by atoms with Crippen molar-refractivity contribution >= 4 is 22.6 Å². The predicted octanol–water partition coefficient (Wildman–Crippen LogP) is -9.04. The molecule has 0 amide bonds. The van der Waals surface area contributed by atoms with Crippen molar-refractivity contribution in [3.8, 4) is 0 Å². The van der Waals surface area contributed by atoms with Crippen molar-refractivity contribution < 1.29 is 110 Å². The molecule has 5 atom stereocenters. The van der Waals surface area contributed by atoms with Crippen molar-refractivity contribution in [3.05, 3.63) is 0 Å². The van der Waals surface area contributed by atoms with E-state index in [2.05, 4.69) is 9.37 Å². The van der Waals surface area contributed by atoms with E-state index >= 15 is 0 Å². The van der Waals surface area contributed by atoms with Gasteiger partial charge in [-0.1, -0.05) is 0 Å². The van der Waals surface area contributed by atoms with Crippen LogP contribution in [0, 0.1) is 0 Å². The van der Waals surface area contributed by atoms with Gasteiger partial charge in [-0.15, -0.1) is 4.33 Å². The van der Waals surface area contributed by atoms with Crippen LogP contribution in [-0.4, -0.2) is 69.5 Å². The summed E-state index contributed by atoms with van der Waals surface area (Å²) in [5.74, 6) is 0. The summed E-state index contributed by atoms with van der Waals surface area (Å²) in [5, 5.41) is 22.8. The summed E-state index contributed by atoms with van der Waals surface area (Å²) in [7, 11) is -2.42. The molecule has 0 aromatic heterocycles. The molecule has 1 aliphatic heterocycles. The average molecular weight is 411 g/mol. The number of methoxy groups -OCH3 is 2. The third kappa shape index (κ3) is 9.20. The zero-order valence-corrected chi connectivity index (χ0v) is 19.1. The van der Waals surface area contributed by atoms with Crippen LogP contribution in [0.2, 0.25) is 0 Å². The summed E-state index contributed by atoms with van der Waals surface area (Å²) in [6.45, 7) is -0.222. The normalized spacial score (nSPS) is 30.3. The summed E-state index contributed by atoms with van der Waals surface area (Å²) >= 11 is 0.226. The monoisotopic (exact) mass is 411 g/mol. The molecule has 16 heteroatoms. The SMILES string of the molecule is CO[C@@H]1OC(COSOO[O-])[C@H](OC)[C@H](O)C1NS(=O)(=O)[O-].[Na+].[Na+]. The number of ether oxygens (including phenoxy) is 3. The van der Waals surface area contributed by atoms with Crippen molar-refractivity contribution in [2.24, 2.45) is 0 Å². The largest absolute Gasteiger partial charge is 1.00 e. The molecule has 0 aromatic carbocycles. The minimum absolute atomic E-state index is 0. The molecule has 0 bridgehead atoms. The average Bonchev–Trinajstić information content (AvgIpc) is 2.45. The molecule has 0 radical (unpaired) electrons. The molecule has 132 valence electrons. The molecule has 1 fully saturated rings. The standard InChI is InChI=1S/C8H17NO11S2.2Na/c1-15-7-4(3-17-21-20-19-11)18-8(16-2)5(6(7)10)9-22(12,13)14;;/h4-11H,3H2,1-2H3,(H,12,13,14);;/q;2*+1/p-2/t4?,5?,6-,7+,8-;;/m1../s1. The molecular weight excluding hydrogens is 396 g/mol. The van der Waals surface area contributed by atoms with Crippen molar-refractivity contribution in [2.45, 2.75) is 30.6 Å². The van der Waals surface area contributed by atoms with Crippen molar-refractivity contribution in [1.29, 1.82) is 0 Å². The Morgan fingerprint density at radius 3 is 2.38 bits per heavy atom. The third-order valence-electron chi connectivity index (χ3n) is 2.79. The summed E-state index contributed by atoms with van der Waals surface area (Å²) in [6.07, 6.45) is -4.66. The Morgan fingerprint density at radius 2 is 1.92 bits per heavy atom. The minimum Gasteiger partial charge on any atom is -0.735 e. The molecular formula is C8H15NNa2O11S2. The van der Waals surface area contributed by atoms with Crippen LogP contribution in [0.3, 0.4) is 0 Å². The van der Waals surface area contributed by atoms with E-state index in [9.17, 15) is 23.3 Å². The number of aliphatic hydroxyl groups excluding tert-OH is 1. The van der Waals surface area contributed by atoms with E-state index in [4.69, 9.17) is 18.4 Å². The summed E-state index contributed by atoms with van der Waals surface area (Å²) < 4.78 is 58.1. The molecule has 0 aromatic rings. The molecule has 1 heterocycles. The van der Waals surface area contributed by atoms with Gasteiger partial charge in [0.2, 0.25) is 0 Å². The number of hydrogen-bond donors (Lipinski definition) is 2. The molecule has 2 N–H and O–H groups in total. The zero-order valence-electron chi connectivity index (χ0n) is 13.4. The van der Waals surface area contributed by atoms with E-state index in [0.29, 0.717) is 0 Å². The van der Waals surface area contributed by atoms with Gasteiger partial charge in [-0.3, -0.25) is 9.22 Å². The van der Waals surface area contributed by atoms with Gasteiger partial charge in [0.1, 0.15) is 24.4 Å². The molecule has 0 saturated carbocycles. The maximum absolute atomic E-state index is 10.8. The van der Waals surface area contributed by atoms with Crippen LogP contribution < -0.4 is 69.1 Å². The Labute approximate surface area is 187 Å². The second kappa shape index (κ2) is 14.0. The minimum atomic E-state index is -4.86. The van der Waals surface area contributed by atoms with Gasteiger partial charge < -0.3 is 29.1 Å². The molecule has 0 spiro atoms. The topological polar surface area (TPSA) is 168 Å². The Bertz CT molecular complexity index is 430. The van der Waals surface area contributed by atoms with Crippen LogP contribution in [0.5, 0.6) is 0 Å². The second-order valence-electron chi connectivity index (χ2n) is 4.06. The van der Waals surface area contributed by atoms with Crippen LogP contribution in [0.15, 0.2) is 0 Å². The first-order valence-electron chi connectivity index (χ1n) is 5.71. The van der Waals surface area contributed by atoms with E-state index < -0.39 is 40.9 Å². The van der Waals surface area contributed by atoms with Gasteiger partial charge in [0.25, 0.3) is 0 Å². The Kier molecular flexibility index (Phi) is 16.4. The summed E-state index contributed by atoms with van der Waals surface area (Å²) in [6, 6.07) is -1.37. The van der Waals surface area contributed by atoms with Crippen LogP contribution >= 0.6 is 12.3 Å². The van der Waals surface area contributed by atoms with Gasteiger partial charge in [-0.05, 0) is 0 Å². The molecule has 1 saturated heterocycles. The molecule has 2 unspecified atom stereocenters. The fourth-order valence-corrected chi connectivity index (χ4v) is 2.80. The van der Waals surface area contributed by atoms with Gasteiger partial charge in [-0.2, -0.15) is 0 Å². The van der Waals surface area contributed by atoms with Crippen LogP contribution in [0.4, 0.5) is 0 Å². The molecule has 1 rings (SSSR count). The summed E-state index contributed by atoms with van der Waals surface area (Å²) in [4.78, 5) is 0. The molecule has 24 heavy (non-hydrogen) atoms. The molecule has 1 aliphatic rings. The van der Waals surface area contributed by atoms with Gasteiger partial charge in [0.15, 0.2) is 28.9 Å². The first-order valence-corrected chi connectivity index (χ1v) is 7.78. The number of nitrogens with one attached hydrogen (secondary N) is 1. The molecule has 0 aliphatic carbocycles. The summed E-state index contributed by atoms with van der Waals surface area (Å²) in [5.41, 5.74) is 0. The fourth-order valence-electron chi connectivity index (χ4n) is 1.96. The Balaban J connectivity index is 0. The third-order valence-corrected chi connectivity index (χ3v) is 3.70. The first kappa shape index (κ1) is 28.1. The number of rotatable bonds is 9. The molecule has 12 nitrogen and oxygen atoms in total. The van der Waals surface area contributed by atoms with Gasteiger partial charge in [-0.25, -0.2) is 13.1 Å². The van der Waals surface area contributed by atoms with Crippen molar-refractivity contribution in [1.82, 2.24) is 4.72 Å². The zero-order chi connectivity index (χ0) is 16.8. The Hall–Kier alpha value is 1.90. The fraction of sp³-hybridized carbons (Fsp3) is 1.00. The second-order valence-corrected chi connectivity index (χ2v) is 5.71. The van der Waals surface area contributed by atoms with Gasteiger partial charge >= 0.3 is 59.1 Å². The van der Waals surface area contributed by atoms with Crippen LogP contribution in [-0.2, 0) is 38.1 Å². The maximum atomic E-state index is 10.8. The van der Waals surface area contributed by atoms with E-state index in [1.54, 1.807) is 4.72 Å². The van der Waals surface area contributed by atoms with Crippen molar-refractivity contribution in [2.75, 3.05) is 20.8 Å². The smallest absolute Gasteiger partial charge is 0.735 e.